The molecule has 0 unspecified atom stereocenters. The van der Waals surface area contributed by atoms with Crippen LogP contribution in [0.15, 0.2) is 48.7 Å². The topological polar surface area (TPSA) is 111 Å². The molecule has 0 aliphatic heterocycles. The number of nitrogens with zero attached hydrogens (tertiary/aromatic N) is 3. The number of hydrogen-bond acceptors (Lipinski definition) is 7. The summed E-state index contributed by atoms with van der Waals surface area (Å²) in [6.07, 6.45) is 4.68. The van der Waals surface area contributed by atoms with Gasteiger partial charge in [-0.05, 0) is 45.3 Å². The monoisotopic (exact) mass is 465 g/mol. The van der Waals surface area contributed by atoms with Gasteiger partial charge >= 0.3 is 0 Å². The largest absolute Gasteiger partial charge is 0.506 e. The maximum absolute atomic E-state index is 12.5. The number of phenolic OH excluding ortho intramolecular Hbond substituents is 1. The Kier molecular flexibility index (Phi) is 7.72. The predicted molar refractivity (Wildman–Crippen MR) is 130 cm³/mol. The van der Waals surface area contributed by atoms with Crippen LogP contribution in [-0.2, 0) is 4.79 Å². The van der Waals surface area contributed by atoms with Crippen LogP contribution in [0, 0.1) is 11.3 Å². The van der Waals surface area contributed by atoms with E-state index < -0.39 is 0 Å². The second-order valence-electron chi connectivity index (χ2n) is 7.40. The Morgan fingerprint density at radius 1 is 1.33 bits per heavy atom. The third-order valence-corrected chi connectivity index (χ3v) is 4.91. The number of aromatic nitrogens is 1. The maximum atomic E-state index is 12.5. The zero-order chi connectivity index (χ0) is 24.0. The summed E-state index contributed by atoms with van der Waals surface area (Å²) >= 11 is 6.03. The highest BCUT2D eigenvalue weighted by atomic mass is 35.5. The van der Waals surface area contributed by atoms with E-state index in [9.17, 15) is 15.2 Å². The number of aromatic hydroxyl groups is 1. The number of benzene rings is 2. The quantitative estimate of drug-likeness (QED) is 0.327. The smallest absolute Gasteiger partial charge is 0.248 e. The van der Waals surface area contributed by atoms with Gasteiger partial charge in [0.05, 0.1) is 34.1 Å². The van der Waals surface area contributed by atoms with E-state index in [2.05, 4.69) is 21.7 Å². The Labute approximate surface area is 197 Å². The second-order valence-corrected chi connectivity index (χ2v) is 7.81. The van der Waals surface area contributed by atoms with Gasteiger partial charge in [0.1, 0.15) is 17.6 Å². The first-order valence-electron chi connectivity index (χ1n) is 10.2. The molecule has 3 N–H and O–H groups in total. The number of fused-ring (bicyclic) bond motifs is 1. The number of hydrogen-bond donors (Lipinski definition) is 3. The van der Waals surface area contributed by atoms with Crippen LogP contribution in [0.4, 0.5) is 17.1 Å². The lowest BCUT2D eigenvalue weighted by atomic mass is 10.1. The third-order valence-electron chi connectivity index (χ3n) is 4.60. The summed E-state index contributed by atoms with van der Waals surface area (Å²) in [6, 6.07) is 10.2. The van der Waals surface area contributed by atoms with Gasteiger partial charge in [0.2, 0.25) is 5.91 Å². The molecule has 3 rings (SSSR count). The molecule has 0 atom stereocenters. The first kappa shape index (κ1) is 23.9. The van der Waals surface area contributed by atoms with Crippen molar-refractivity contribution in [2.24, 2.45) is 0 Å². The Balaban J connectivity index is 2.07. The molecular weight excluding hydrogens is 442 g/mol. The number of amides is 1. The summed E-state index contributed by atoms with van der Waals surface area (Å²) in [5, 5.41) is 26.1. The molecule has 0 saturated carbocycles. The van der Waals surface area contributed by atoms with Crippen molar-refractivity contribution < 1.29 is 14.6 Å². The van der Waals surface area contributed by atoms with Crippen LogP contribution in [0.1, 0.15) is 12.5 Å². The van der Waals surface area contributed by atoms with E-state index in [0.717, 1.165) is 0 Å². The summed E-state index contributed by atoms with van der Waals surface area (Å²) in [4.78, 5) is 18.8. The fraction of sp³-hybridized carbons (Fsp3) is 0.208. The van der Waals surface area contributed by atoms with Gasteiger partial charge < -0.3 is 25.4 Å². The van der Waals surface area contributed by atoms with E-state index in [1.807, 2.05) is 25.9 Å². The van der Waals surface area contributed by atoms with Gasteiger partial charge in [0.25, 0.3) is 0 Å². The molecule has 0 aliphatic carbocycles. The van der Waals surface area contributed by atoms with Crippen molar-refractivity contribution in [3.8, 4) is 17.6 Å². The molecule has 1 heterocycles. The molecule has 1 amide bonds. The van der Waals surface area contributed by atoms with Gasteiger partial charge in [-0.25, -0.2) is 0 Å². The van der Waals surface area contributed by atoms with E-state index in [-0.39, 0.29) is 16.7 Å². The highest BCUT2D eigenvalue weighted by molar-refractivity contribution is 6.32. The molecule has 3 aromatic rings. The van der Waals surface area contributed by atoms with Crippen LogP contribution in [0.3, 0.4) is 0 Å². The minimum absolute atomic E-state index is 0.0454. The Hall–Kier alpha value is -3.80. The zero-order valence-electron chi connectivity index (χ0n) is 18.5. The number of likely N-dealkylation sites (N-methyl/N-ethyl adjacent to an activating group) is 1. The minimum atomic E-state index is -0.304. The number of nitriles is 1. The van der Waals surface area contributed by atoms with Crippen LogP contribution in [0.25, 0.3) is 10.9 Å². The fourth-order valence-corrected chi connectivity index (χ4v) is 3.27. The van der Waals surface area contributed by atoms with Gasteiger partial charge in [0.15, 0.2) is 0 Å². The lowest BCUT2D eigenvalue weighted by molar-refractivity contribution is -0.111. The molecule has 0 radical (unpaired) electrons. The van der Waals surface area contributed by atoms with Crippen molar-refractivity contribution in [2.75, 3.05) is 37.9 Å². The van der Waals surface area contributed by atoms with Gasteiger partial charge in [0, 0.05) is 36.0 Å². The van der Waals surface area contributed by atoms with E-state index in [1.54, 1.807) is 30.3 Å². The Bertz CT molecular complexity index is 1250. The van der Waals surface area contributed by atoms with Crippen molar-refractivity contribution in [1.29, 1.82) is 5.26 Å². The molecule has 0 saturated heterocycles. The molecule has 0 fully saturated rings. The van der Waals surface area contributed by atoms with E-state index in [1.165, 1.54) is 18.3 Å². The number of anilines is 3. The number of nitrogens with one attached hydrogen (secondary N) is 2. The molecule has 8 nitrogen and oxygen atoms in total. The predicted octanol–water partition coefficient (Wildman–Crippen LogP) is 4.66. The van der Waals surface area contributed by atoms with Crippen LogP contribution < -0.4 is 15.4 Å². The standard InChI is InChI=1S/C24H24ClN5O3/c1-4-33-22-12-19-17(11-20(22)29-23(32)6-5-9-30(2)3)24(15(13-26)14-27-19)28-16-7-8-21(31)18(25)10-16/h5-8,10-12,14,31H,4,9H2,1-3H3,(H,27,28)(H,29,32)/b6-5+. The number of pyridine rings is 1. The highest BCUT2D eigenvalue weighted by Gasteiger charge is 2.15. The van der Waals surface area contributed by atoms with Crippen LogP contribution in [-0.4, -0.2) is 48.1 Å². The SMILES string of the molecule is CCOc1cc2ncc(C#N)c(Nc3ccc(O)c(Cl)c3)c2cc1NC(=O)/C=C/CN(C)C. The summed E-state index contributed by atoms with van der Waals surface area (Å²) in [7, 11) is 3.82. The second kappa shape index (κ2) is 10.7. The normalized spacial score (nSPS) is 11.0. The van der Waals surface area contributed by atoms with Crippen LogP contribution in [0.2, 0.25) is 5.02 Å². The van der Waals surface area contributed by atoms with Crippen molar-refractivity contribution in [3.63, 3.8) is 0 Å². The first-order chi connectivity index (χ1) is 15.8. The molecule has 9 heteroatoms. The van der Waals surface area contributed by atoms with Crippen molar-refractivity contribution >= 4 is 45.5 Å². The minimum Gasteiger partial charge on any atom is -0.506 e. The lowest BCUT2D eigenvalue weighted by Crippen LogP contribution is -2.13. The zero-order valence-corrected chi connectivity index (χ0v) is 19.3. The molecule has 33 heavy (non-hydrogen) atoms. The van der Waals surface area contributed by atoms with Crippen LogP contribution in [0.5, 0.6) is 11.5 Å². The highest BCUT2D eigenvalue weighted by Crippen LogP contribution is 2.37. The van der Waals surface area contributed by atoms with E-state index in [4.69, 9.17) is 16.3 Å². The molecule has 2 aromatic carbocycles. The summed E-state index contributed by atoms with van der Waals surface area (Å²) in [5.41, 5.74) is 2.40. The molecule has 0 spiro atoms. The average molecular weight is 466 g/mol. The van der Waals surface area contributed by atoms with Crippen molar-refractivity contribution in [1.82, 2.24) is 9.88 Å². The summed E-state index contributed by atoms with van der Waals surface area (Å²) in [6.45, 7) is 2.88. The van der Waals surface area contributed by atoms with Crippen LogP contribution >= 0.6 is 11.6 Å². The summed E-state index contributed by atoms with van der Waals surface area (Å²) < 4.78 is 5.71. The van der Waals surface area contributed by atoms with Crippen molar-refractivity contribution in [3.05, 3.63) is 59.3 Å². The molecule has 0 bridgehead atoms. The van der Waals surface area contributed by atoms with E-state index in [0.29, 0.717) is 52.4 Å². The first-order valence-corrected chi connectivity index (χ1v) is 10.6. The number of ether oxygens (including phenoxy) is 1. The number of carbonyl (C=O) groups excluding carboxylic acids is 1. The van der Waals surface area contributed by atoms with Crippen molar-refractivity contribution in [2.45, 2.75) is 6.92 Å². The van der Waals surface area contributed by atoms with Gasteiger partial charge in [-0.2, -0.15) is 5.26 Å². The molecule has 170 valence electrons. The molecule has 1 aromatic heterocycles. The molecule has 0 aliphatic rings. The summed E-state index contributed by atoms with van der Waals surface area (Å²) in [5.74, 6) is 0.118. The number of carbonyl (C=O) groups is 1. The Morgan fingerprint density at radius 3 is 2.79 bits per heavy atom. The van der Waals surface area contributed by atoms with E-state index >= 15 is 0 Å². The fourth-order valence-electron chi connectivity index (χ4n) is 3.09. The Morgan fingerprint density at radius 2 is 2.12 bits per heavy atom. The van der Waals surface area contributed by atoms with Gasteiger partial charge in [-0.1, -0.05) is 17.7 Å². The number of rotatable bonds is 8. The molecular formula is C24H24ClN5O3. The maximum Gasteiger partial charge on any atom is 0.248 e. The number of halogens is 1. The third kappa shape index (κ3) is 5.92. The van der Waals surface area contributed by atoms with Gasteiger partial charge in [-0.3, -0.25) is 9.78 Å². The number of phenols is 1. The van der Waals surface area contributed by atoms with Gasteiger partial charge in [-0.15, -0.1) is 0 Å². The average Bonchev–Trinajstić information content (AvgIpc) is 2.77. The lowest BCUT2D eigenvalue weighted by Gasteiger charge is -2.16.